The summed E-state index contributed by atoms with van der Waals surface area (Å²) in [5.74, 6) is -0.899. The minimum Gasteiger partial charge on any atom is -0.379 e. The van der Waals surface area contributed by atoms with Crippen LogP contribution in [0, 0.1) is 15.5 Å². The summed E-state index contributed by atoms with van der Waals surface area (Å²) in [6, 6.07) is 20.9. The maximum Gasteiger partial charge on any atom is 0.293 e. The van der Waals surface area contributed by atoms with Crippen LogP contribution in [0.5, 0.6) is 0 Å². The number of H-pyrrole nitrogens is 1. The second-order valence-electron chi connectivity index (χ2n) is 17.9. The molecule has 2 aliphatic heterocycles. The van der Waals surface area contributed by atoms with E-state index in [2.05, 4.69) is 65.8 Å². The first-order valence-corrected chi connectivity index (χ1v) is 24.0. The summed E-state index contributed by atoms with van der Waals surface area (Å²) in [7, 11) is -4.56. The number of carbonyl (C=O) groups excluding carboxylic acids is 1. The highest BCUT2D eigenvalue weighted by molar-refractivity contribution is 7.90. The summed E-state index contributed by atoms with van der Waals surface area (Å²) < 4.78 is 37.0. The number of morpholine rings is 1. The summed E-state index contributed by atoms with van der Waals surface area (Å²) in [4.78, 5) is 41.4. The molecule has 0 bridgehead atoms. The number of rotatable bonds is 14. The van der Waals surface area contributed by atoms with Crippen molar-refractivity contribution in [1.29, 1.82) is 0 Å². The van der Waals surface area contributed by atoms with Crippen LogP contribution >= 0.6 is 11.6 Å². The zero-order chi connectivity index (χ0) is 45.3. The number of hydrogen-bond donors (Lipinski definition) is 3. The number of aromatic nitrogens is 4. The van der Waals surface area contributed by atoms with E-state index in [-0.39, 0.29) is 16.7 Å². The number of piperazine rings is 1. The molecule has 0 unspecified atom stereocenters. The first-order valence-electron chi connectivity index (χ1n) is 22.1. The first-order chi connectivity index (χ1) is 31.3. The van der Waals surface area contributed by atoms with Gasteiger partial charge in [0.05, 0.1) is 39.8 Å². The molecule has 3 N–H and O–H groups in total. The molecular formula is C47H53ClN10O6S. The highest BCUT2D eigenvalue weighted by Crippen LogP contribution is 2.43. The standard InChI is InChI=1S/C47H53ClN10O6S/c1-47(2)14-12-34(39(29-47)32-4-6-35(48)7-5-32)31-55-18-20-56(21-19-55)36-8-10-38(42(27-36)57-43-26-33-13-16-50-45(33)52-41(43)30-51-57)46(59)53-65(62,63)37-9-11-40(44(28-37)58(60)61)49-15-3-17-54-22-24-64-25-23-54/h4-11,13,16,26-28,30,49,51H,3,12,14-15,17-25,29,31H2,1-2H3,(H,53,59). The van der Waals surface area contributed by atoms with Gasteiger partial charge in [-0.15, -0.1) is 0 Å². The number of fused-ring (bicyclic) bond motifs is 2. The largest absolute Gasteiger partial charge is 0.379 e. The molecule has 2 saturated heterocycles. The van der Waals surface area contributed by atoms with Crippen molar-refractivity contribution in [3.63, 3.8) is 0 Å². The molecule has 6 aromatic rings. The van der Waals surface area contributed by atoms with Gasteiger partial charge in [-0.05, 0) is 103 Å². The highest BCUT2D eigenvalue weighted by atomic mass is 35.5. The Balaban J connectivity index is 0.952. The van der Waals surface area contributed by atoms with Crippen LogP contribution in [0.1, 0.15) is 55.5 Å². The zero-order valence-corrected chi connectivity index (χ0v) is 38.1. The van der Waals surface area contributed by atoms with Gasteiger partial charge >= 0.3 is 0 Å². The number of pyridine rings is 1. The minimum atomic E-state index is -4.56. The van der Waals surface area contributed by atoms with Gasteiger partial charge in [0.25, 0.3) is 21.6 Å². The normalized spacial score (nSPS) is 17.5. The summed E-state index contributed by atoms with van der Waals surface area (Å²) in [6.07, 6.45) is 7.32. The van der Waals surface area contributed by atoms with Crippen molar-refractivity contribution in [2.75, 3.05) is 82.3 Å². The predicted molar refractivity (Wildman–Crippen MR) is 253 cm³/mol. The Kier molecular flexibility index (Phi) is 12.7. The fourth-order valence-corrected chi connectivity index (χ4v) is 10.3. The number of anilines is 2. The number of carbonyl (C=O) groups is 1. The predicted octanol–water partition coefficient (Wildman–Crippen LogP) is 7.50. The maximum absolute atomic E-state index is 14.2. The molecule has 340 valence electrons. The van der Waals surface area contributed by atoms with Crippen LogP contribution in [-0.2, 0) is 14.8 Å². The third-order valence-electron chi connectivity index (χ3n) is 12.8. The van der Waals surface area contributed by atoms with Crippen LogP contribution in [-0.4, -0.2) is 121 Å². The third-order valence-corrected chi connectivity index (χ3v) is 14.4. The number of benzene rings is 3. The molecule has 2 fully saturated rings. The fourth-order valence-electron chi connectivity index (χ4n) is 9.17. The molecule has 0 atom stereocenters. The number of ether oxygens (including phenoxy) is 1. The van der Waals surface area contributed by atoms with Crippen molar-refractivity contribution < 1.29 is 22.9 Å². The number of aromatic amines is 1. The van der Waals surface area contributed by atoms with Crippen LogP contribution in [0.2, 0.25) is 5.02 Å². The van der Waals surface area contributed by atoms with E-state index in [1.165, 1.54) is 28.8 Å². The minimum absolute atomic E-state index is 0.0698. The van der Waals surface area contributed by atoms with Crippen molar-refractivity contribution in [2.45, 2.75) is 44.4 Å². The van der Waals surface area contributed by atoms with Crippen LogP contribution in [0.15, 0.2) is 95.7 Å². The van der Waals surface area contributed by atoms with Gasteiger partial charge in [0.15, 0.2) is 5.65 Å². The van der Waals surface area contributed by atoms with Gasteiger partial charge in [-0.25, -0.2) is 23.1 Å². The molecule has 0 spiro atoms. The second-order valence-corrected chi connectivity index (χ2v) is 20.0. The molecule has 3 aliphatic rings. The summed E-state index contributed by atoms with van der Waals surface area (Å²) in [5, 5.41) is 20.0. The van der Waals surface area contributed by atoms with Crippen molar-refractivity contribution in [1.82, 2.24) is 34.3 Å². The molecule has 1 amide bonds. The topological polar surface area (TPSA) is 184 Å². The molecule has 0 radical (unpaired) electrons. The lowest BCUT2D eigenvalue weighted by Gasteiger charge is -2.39. The molecule has 0 saturated carbocycles. The van der Waals surface area contributed by atoms with E-state index in [1.807, 2.05) is 36.4 Å². The van der Waals surface area contributed by atoms with Crippen LogP contribution in [0.4, 0.5) is 17.1 Å². The van der Waals surface area contributed by atoms with Crippen molar-refractivity contribution in [2.24, 2.45) is 5.41 Å². The Morgan fingerprint density at radius 1 is 0.969 bits per heavy atom. The lowest BCUT2D eigenvalue weighted by molar-refractivity contribution is -0.384. The summed E-state index contributed by atoms with van der Waals surface area (Å²) in [6.45, 7) is 13.0. The molecular weight excluding hydrogens is 868 g/mol. The SMILES string of the molecule is CC1(C)CCC(CN2CCN(c3ccc(C(=O)NS(=O)(=O)c4ccc(NCCCN5CCOCC5)c([N+](=O)[O-])c4)c(-n4[nH]cc5nc6nccc6cc54)c3)CC2)=C(c2ccc(Cl)cc2)C1. The van der Waals surface area contributed by atoms with Gasteiger partial charge in [0.1, 0.15) is 11.2 Å². The Labute approximate surface area is 382 Å². The van der Waals surface area contributed by atoms with E-state index in [0.717, 1.165) is 100 Å². The number of halogens is 1. The summed E-state index contributed by atoms with van der Waals surface area (Å²) in [5.41, 5.74) is 7.31. The molecule has 3 aromatic carbocycles. The Bertz CT molecular complexity index is 2880. The third kappa shape index (κ3) is 9.89. The van der Waals surface area contributed by atoms with Crippen LogP contribution < -0.4 is 14.9 Å². The van der Waals surface area contributed by atoms with Crippen LogP contribution in [0.25, 0.3) is 33.3 Å². The van der Waals surface area contributed by atoms with Crippen molar-refractivity contribution >= 4 is 72.2 Å². The first kappa shape index (κ1) is 44.4. The number of nitro groups is 1. The van der Waals surface area contributed by atoms with Gasteiger partial charge in [0, 0.05) is 86.9 Å². The Morgan fingerprint density at radius 3 is 2.52 bits per heavy atom. The van der Waals surface area contributed by atoms with Gasteiger partial charge in [-0.2, -0.15) is 0 Å². The number of nitro benzene ring substituents is 1. The fraction of sp³-hybridized carbons (Fsp3) is 0.383. The highest BCUT2D eigenvalue weighted by Gasteiger charge is 2.31. The van der Waals surface area contributed by atoms with E-state index in [4.69, 9.17) is 16.3 Å². The molecule has 3 aromatic heterocycles. The van der Waals surface area contributed by atoms with Gasteiger partial charge in [-0.3, -0.25) is 34.5 Å². The number of amides is 1. The van der Waals surface area contributed by atoms with Gasteiger partial charge in [0.2, 0.25) is 0 Å². The molecule has 65 heavy (non-hydrogen) atoms. The van der Waals surface area contributed by atoms with E-state index in [1.54, 1.807) is 23.1 Å². The number of hydrogen-bond acceptors (Lipinski definition) is 12. The lowest BCUT2D eigenvalue weighted by Crippen LogP contribution is -2.47. The molecule has 1 aliphatic carbocycles. The number of allylic oxidation sites excluding steroid dienone is 1. The average molecular weight is 922 g/mol. The van der Waals surface area contributed by atoms with Gasteiger partial charge < -0.3 is 15.0 Å². The Hall–Kier alpha value is -5.85. The average Bonchev–Trinajstić information content (AvgIpc) is 3.94. The summed E-state index contributed by atoms with van der Waals surface area (Å²) >= 11 is 6.26. The lowest BCUT2D eigenvalue weighted by atomic mass is 9.72. The van der Waals surface area contributed by atoms with E-state index < -0.39 is 31.4 Å². The zero-order valence-electron chi connectivity index (χ0n) is 36.6. The van der Waals surface area contributed by atoms with Gasteiger partial charge in [-0.1, -0.05) is 43.2 Å². The smallest absolute Gasteiger partial charge is 0.293 e. The maximum atomic E-state index is 14.2. The van der Waals surface area contributed by atoms with Crippen LogP contribution in [0.3, 0.4) is 0 Å². The molecule has 5 heterocycles. The molecule has 18 heteroatoms. The number of nitrogens with one attached hydrogen (secondary N) is 3. The molecule has 9 rings (SSSR count). The van der Waals surface area contributed by atoms with E-state index in [0.29, 0.717) is 42.1 Å². The molecule has 16 nitrogen and oxygen atoms in total. The number of sulfonamides is 1. The monoisotopic (exact) mass is 920 g/mol. The quantitative estimate of drug-likeness (QED) is 0.0557. The van der Waals surface area contributed by atoms with E-state index in [9.17, 15) is 23.3 Å². The Morgan fingerprint density at radius 2 is 1.75 bits per heavy atom. The second kappa shape index (κ2) is 18.6. The van der Waals surface area contributed by atoms with E-state index >= 15 is 0 Å². The number of nitrogens with zero attached hydrogens (tertiary/aromatic N) is 7. The van der Waals surface area contributed by atoms with Crippen molar-refractivity contribution in [3.8, 4) is 5.69 Å². The van der Waals surface area contributed by atoms with Crippen molar-refractivity contribution in [3.05, 3.63) is 117 Å².